The van der Waals surface area contributed by atoms with Crippen molar-refractivity contribution in [3.63, 3.8) is 0 Å². The summed E-state index contributed by atoms with van der Waals surface area (Å²) in [6.07, 6.45) is 1.78. The van der Waals surface area contributed by atoms with Crippen molar-refractivity contribution in [2.45, 2.75) is 5.72 Å². The molecule has 0 saturated heterocycles. The van der Waals surface area contributed by atoms with E-state index < -0.39 is 20.7 Å². The Kier molecular flexibility index (Phi) is 2.04. The average Bonchev–Trinajstić information content (AvgIpc) is 1.83. The normalized spacial score (nSPS) is 30.1. The number of allylic oxidation sites excluding steroid dienone is 1. The predicted molar refractivity (Wildman–Crippen MR) is 42.1 cm³/mol. The molecule has 1 rings (SSSR count). The average molecular weight is 192 g/mol. The smallest absolute Gasteiger partial charge is 0.295 e. The minimum Gasteiger partial charge on any atom is -0.370 e. The molecule has 68 valence electrons. The second-order valence-electron chi connectivity index (χ2n) is 2.48. The van der Waals surface area contributed by atoms with E-state index in [-0.39, 0.29) is 6.54 Å². The molecule has 12 heavy (non-hydrogen) atoms. The third-order valence-corrected chi connectivity index (χ3v) is 2.07. The lowest BCUT2D eigenvalue weighted by Crippen LogP contribution is -2.43. The summed E-state index contributed by atoms with van der Waals surface area (Å²) in [7, 11) is -4.33. The lowest BCUT2D eigenvalue weighted by atomic mass is 10.2. The van der Waals surface area contributed by atoms with Gasteiger partial charge in [0.2, 0.25) is 0 Å². The molecule has 4 N–H and O–H groups in total. The van der Waals surface area contributed by atoms with E-state index in [1.54, 1.807) is 0 Å². The number of aliphatic imine (C=N–C) groups is 1. The van der Waals surface area contributed by atoms with Crippen LogP contribution in [0.5, 0.6) is 0 Å². The maximum absolute atomic E-state index is 10.5. The monoisotopic (exact) mass is 192 g/mol. The molecule has 0 radical (unpaired) electrons. The number of rotatable bonds is 1. The van der Waals surface area contributed by atoms with E-state index in [1.807, 2.05) is 0 Å². The molecule has 0 aliphatic carbocycles. The van der Waals surface area contributed by atoms with Gasteiger partial charge < -0.3 is 5.11 Å². The molecule has 1 aliphatic heterocycles. The molecule has 6 nitrogen and oxygen atoms in total. The van der Waals surface area contributed by atoms with Crippen molar-refractivity contribution in [3.05, 3.63) is 11.0 Å². The Balaban J connectivity index is 3.09. The molecular weight excluding hydrogens is 184 g/mol. The number of hydrogen-bond acceptors (Lipinski definition) is 5. The van der Waals surface area contributed by atoms with Crippen LogP contribution in [0, 0.1) is 0 Å². The van der Waals surface area contributed by atoms with Crippen molar-refractivity contribution in [3.8, 4) is 0 Å². The minimum atomic E-state index is -4.33. The number of nitrogens with zero attached hydrogens (tertiary/aromatic N) is 1. The zero-order valence-electron chi connectivity index (χ0n) is 6.01. The fraction of sp³-hybridized carbons (Fsp3) is 0.400. The molecule has 0 saturated carbocycles. The highest BCUT2D eigenvalue weighted by Crippen LogP contribution is 2.12. The highest BCUT2D eigenvalue weighted by molar-refractivity contribution is 7.90. The van der Waals surface area contributed by atoms with E-state index in [4.69, 9.17) is 15.4 Å². The molecule has 1 atom stereocenters. The van der Waals surface area contributed by atoms with E-state index in [0.29, 0.717) is 0 Å². The van der Waals surface area contributed by atoms with Crippen LogP contribution in [0.1, 0.15) is 0 Å². The third-order valence-electron chi connectivity index (χ3n) is 1.25. The summed E-state index contributed by atoms with van der Waals surface area (Å²) in [4.78, 5) is 2.98. The number of dihydropyridines is 1. The lowest BCUT2D eigenvalue weighted by Gasteiger charge is -2.19. The Morgan fingerprint density at radius 2 is 2.25 bits per heavy atom. The van der Waals surface area contributed by atoms with Crippen LogP contribution >= 0.6 is 0 Å². The molecule has 0 aromatic rings. The van der Waals surface area contributed by atoms with Crippen LogP contribution < -0.4 is 5.73 Å². The Morgan fingerprint density at radius 3 is 2.58 bits per heavy atom. The van der Waals surface area contributed by atoms with Gasteiger partial charge in [-0.25, -0.2) is 0 Å². The van der Waals surface area contributed by atoms with Crippen LogP contribution in [0.4, 0.5) is 0 Å². The van der Waals surface area contributed by atoms with Crippen molar-refractivity contribution in [1.82, 2.24) is 0 Å². The molecule has 0 spiro atoms. The summed E-state index contributed by atoms with van der Waals surface area (Å²) in [6, 6.07) is 0. The van der Waals surface area contributed by atoms with Gasteiger partial charge in [-0.3, -0.25) is 15.3 Å². The van der Waals surface area contributed by atoms with Gasteiger partial charge in [-0.15, -0.1) is 0 Å². The topological polar surface area (TPSA) is 113 Å². The number of hydrogen-bond donors (Lipinski definition) is 3. The Bertz CT molecular complexity index is 340. The van der Waals surface area contributed by atoms with E-state index in [0.717, 1.165) is 12.3 Å². The summed E-state index contributed by atoms with van der Waals surface area (Å²) in [5.41, 5.74) is 3.36. The molecule has 0 amide bonds. The van der Waals surface area contributed by atoms with Gasteiger partial charge in [0.1, 0.15) is 4.91 Å². The van der Waals surface area contributed by atoms with Crippen LogP contribution in [0.15, 0.2) is 16.0 Å². The molecular formula is C5H8N2O4S. The van der Waals surface area contributed by atoms with E-state index in [1.165, 1.54) is 0 Å². The standard InChI is InChI=1S/C5H8N2O4S/c6-5(8)1-4(2-7-3-5)12(9,10)11/h1-2,8H,3,6H2,(H,9,10,11). The second kappa shape index (κ2) is 2.63. The van der Waals surface area contributed by atoms with Crippen molar-refractivity contribution < 1.29 is 18.1 Å². The highest BCUT2D eigenvalue weighted by atomic mass is 32.2. The van der Waals surface area contributed by atoms with Crippen molar-refractivity contribution in [2.75, 3.05) is 6.54 Å². The van der Waals surface area contributed by atoms with Crippen molar-refractivity contribution >= 4 is 16.3 Å². The van der Waals surface area contributed by atoms with Crippen molar-refractivity contribution in [2.24, 2.45) is 10.7 Å². The molecule has 0 aromatic carbocycles. The van der Waals surface area contributed by atoms with Gasteiger partial charge in [-0.1, -0.05) is 0 Å². The summed E-state index contributed by atoms with van der Waals surface area (Å²) in [6.45, 7) is -0.119. The first-order chi connectivity index (χ1) is 5.31. The third kappa shape index (κ3) is 2.11. The van der Waals surface area contributed by atoms with Gasteiger partial charge in [-0.05, 0) is 6.08 Å². The maximum Gasteiger partial charge on any atom is 0.295 e. The van der Waals surface area contributed by atoms with Gasteiger partial charge in [0, 0.05) is 6.21 Å². The highest BCUT2D eigenvalue weighted by Gasteiger charge is 2.25. The van der Waals surface area contributed by atoms with Gasteiger partial charge in [-0.2, -0.15) is 8.42 Å². The Morgan fingerprint density at radius 1 is 1.67 bits per heavy atom. The predicted octanol–water partition coefficient (Wildman–Crippen LogP) is -1.51. The fourth-order valence-corrected chi connectivity index (χ4v) is 1.31. The van der Waals surface area contributed by atoms with Gasteiger partial charge >= 0.3 is 0 Å². The summed E-state index contributed by atoms with van der Waals surface area (Å²) >= 11 is 0. The largest absolute Gasteiger partial charge is 0.370 e. The zero-order valence-corrected chi connectivity index (χ0v) is 6.82. The quantitative estimate of drug-likeness (QED) is 0.345. The zero-order chi connectivity index (χ0) is 9.41. The minimum absolute atomic E-state index is 0.119. The molecule has 1 unspecified atom stereocenters. The first-order valence-corrected chi connectivity index (χ1v) is 4.47. The van der Waals surface area contributed by atoms with Crippen molar-refractivity contribution in [1.29, 1.82) is 0 Å². The first kappa shape index (κ1) is 9.33. The van der Waals surface area contributed by atoms with Gasteiger partial charge in [0.25, 0.3) is 10.1 Å². The first-order valence-electron chi connectivity index (χ1n) is 3.03. The summed E-state index contributed by atoms with van der Waals surface area (Å²) in [5, 5.41) is 9.12. The lowest BCUT2D eigenvalue weighted by molar-refractivity contribution is 0.107. The van der Waals surface area contributed by atoms with E-state index >= 15 is 0 Å². The molecule has 0 fully saturated rings. The Labute approximate surface area is 69.2 Å². The van der Waals surface area contributed by atoms with Crippen LogP contribution in [0.2, 0.25) is 0 Å². The van der Waals surface area contributed by atoms with E-state index in [2.05, 4.69) is 4.99 Å². The van der Waals surface area contributed by atoms with Gasteiger partial charge in [0.15, 0.2) is 5.72 Å². The molecule has 1 aliphatic rings. The summed E-state index contributed by atoms with van der Waals surface area (Å²) < 4.78 is 29.5. The summed E-state index contributed by atoms with van der Waals surface area (Å²) in [5.74, 6) is 0. The van der Waals surface area contributed by atoms with Crippen LogP contribution in [-0.2, 0) is 10.1 Å². The molecule has 1 heterocycles. The molecule has 7 heteroatoms. The van der Waals surface area contributed by atoms with Crippen LogP contribution in [-0.4, -0.2) is 36.6 Å². The Hall–Kier alpha value is -0.760. The fourth-order valence-electron chi connectivity index (χ4n) is 0.752. The molecule has 0 bridgehead atoms. The molecule has 0 aromatic heterocycles. The maximum atomic E-state index is 10.5. The van der Waals surface area contributed by atoms with Gasteiger partial charge in [0.05, 0.1) is 6.54 Å². The van der Waals surface area contributed by atoms with E-state index in [9.17, 15) is 8.42 Å². The number of aliphatic hydroxyl groups is 1. The van der Waals surface area contributed by atoms with Crippen LogP contribution in [0.25, 0.3) is 0 Å². The number of nitrogens with two attached hydrogens (primary N) is 1. The second-order valence-corrected chi connectivity index (χ2v) is 3.90. The SMILES string of the molecule is NC1(O)C=C(S(=O)(=O)O)C=NC1. The van der Waals surface area contributed by atoms with Crippen LogP contribution in [0.3, 0.4) is 0 Å².